The van der Waals surface area contributed by atoms with Gasteiger partial charge in [0, 0.05) is 0 Å². The Balaban J connectivity index is 2.41. The van der Waals surface area contributed by atoms with Gasteiger partial charge in [-0.15, -0.1) is 0 Å². The monoisotopic (exact) mass is 551 g/mol. The number of alkyl carbamates (subject to hydrolysis) is 1. The van der Waals surface area contributed by atoms with Gasteiger partial charge in [0.15, 0.2) is 8.32 Å². The molecular weight excluding hydrogens is 501 g/mol. The summed E-state index contributed by atoms with van der Waals surface area (Å²) in [5, 5.41) is 13.2. The fourth-order valence-corrected chi connectivity index (χ4v) is 6.22. The summed E-state index contributed by atoms with van der Waals surface area (Å²) in [6.07, 6.45) is 5.97. The Morgan fingerprint density at radius 1 is 1.05 bits per heavy atom. The van der Waals surface area contributed by atoms with E-state index in [-0.39, 0.29) is 29.7 Å². The third-order valence-electron chi connectivity index (χ3n) is 7.98. The molecule has 38 heavy (non-hydrogen) atoms. The lowest BCUT2D eigenvalue weighted by Gasteiger charge is -2.43. The molecule has 1 aliphatic carbocycles. The molecule has 3 atom stereocenters. The summed E-state index contributed by atoms with van der Waals surface area (Å²) in [6, 6.07) is 5.60. The Labute approximate surface area is 230 Å². The predicted molar refractivity (Wildman–Crippen MR) is 152 cm³/mol. The normalized spacial score (nSPS) is 17.9. The quantitative estimate of drug-likeness (QED) is 0.275. The van der Waals surface area contributed by atoms with Gasteiger partial charge in [0.05, 0.1) is 18.1 Å². The van der Waals surface area contributed by atoms with E-state index in [9.17, 15) is 19.1 Å². The maximum Gasteiger partial charge on any atom is 0.407 e. The van der Waals surface area contributed by atoms with Gasteiger partial charge < -0.3 is 19.6 Å². The first-order valence-electron chi connectivity index (χ1n) is 14.1. The molecule has 1 aromatic rings. The summed E-state index contributed by atoms with van der Waals surface area (Å²) in [5.41, 5.74) is 0.107. The maximum atomic E-state index is 13.5. The highest BCUT2D eigenvalue weighted by atomic mass is 28.4. The molecule has 3 unspecified atom stereocenters. The van der Waals surface area contributed by atoms with E-state index in [0.717, 1.165) is 24.8 Å². The van der Waals surface area contributed by atoms with Crippen LogP contribution < -0.4 is 5.32 Å². The van der Waals surface area contributed by atoms with Crippen LogP contribution in [0.3, 0.4) is 0 Å². The van der Waals surface area contributed by atoms with Crippen molar-refractivity contribution in [1.82, 2.24) is 5.32 Å². The third kappa shape index (κ3) is 10.7. The second kappa shape index (κ2) is 13.4. The molecule has 1 amide bonds. The number of carbonyl (C=O) groups excluding carboxylic acids is 1. The van der Waals surface area contributed by atoms with E-state index in [0.29, 0.717) is 5.92 Å². The Morgan fingerprint density at radius 3 is 2.13 bits per heavy atom. The summed E-state index contributed by atoms with van der Waals surface area (Å²) in [4.78, 5) is 25.5. The molecule has 0 radical (unpaired) electrons. The molecule has 1 fully saturated rings. The van der Waals surface area contributed by atoms with E-state index in [2.05, 4.69) is 39.2 Å². The van der Waals surface area contributed by atoms with Crippen LogP contribution in [0.2, 0.25) is 18.1 Å². The highest BCUT2D eigenvalue weighted by Gasteiger charge is 2.43. The molecule has 2 rings (SSSR count). The number of hydrogen-bond donors (Lipinski definition) is 2. The van der Waals surface area contributed by atoms with E-state index < -0.39 is 38.0 Å². The van der Waals surface area contributed by atoms with Crippen molar-refractivity contribution >= 4 is 20.4 Å². The number of nitrogens with one attached hydrogen (secondary N) is 1. The van der Waals surface area contributed by atoms with Gasteiger partial charge in [-0.25, -0.2) is 9.18 Å². The predicted octanol–water partition coefficient (Wildman–Crippen LogP) is 7.71. The van der Waals surface area contributed by atoms with Crippen molar-refractivity contribution in [3.63, 3.8) is 0 Å². The number of amides is 1. The lowest BCUT2D eigenvalue weighted by Crippen LogP contribution is -2.54. The average Bonchev–Trinajstić information content (AvgIpc) is 2.77. The maximum absolute atomic E-state index is 13.5. The van der Waals surface area contributed by atoms with Crippen molar-refractivity contribution < 1.29 is 28.2 Å². The van der Waals surface area contributed by atoms with Crippen molar-refractivity contribution in [2.45, 2.75) is 129 Å². The molecule has 8 heteroatoms. The van der Waals surface area contributed by atoms with E-state index in [1.165, 1.54) is 31.4 Å². The molecule has 0 bridgehead atoms. The van der Waals surface area contributed by atoms with Crippen LogP contribution in [0.5, 0.6) is 0 Å². The number of halogens is 1. The van der Waals surface area contributed by atoms with Gasteiger partial charge in [0.2, 0.25) is 0 Å². The number of rotatable bonds is 11. The van der Waals surface area contributed by atoms with Gasteiger partial charge in [-0.1, -0.05) is 65.0 Å². The summed E-state index contributed by atoms with van der Waals surface area (Å²) >= 11 is 0. The number of carbonyl (C=O) groups is 2. The molecule has 2 N–H and O–H groups in total. The van der Waals surface area contributed by atoms with Gasteiger partial charge in [0.1, 0.15) is 11.4 Å². The topological polar surface area (TPSA) is 84.9 Å². The summed E-state index contributed by atoms with van der Waals surface area (Å²) < 4.78 is 26.0. The van der Waals surface area contributed by atoms with Gasteiger partial charge in [-0.3, -0.25) is 4.79 Å². The van der Waals surface area contributed by atoms with E-state index >= 15 is 0 Å². The fraction of sp³-hybridized carbons (Fsp3) is 0.733. The standard InChI is InChI=1S/C30H50FNO5Si/c1-29(2,3)36-28(35)32-25(19-21-12-10-9-11-13-21)26(37-38(7,8)30(4,5)6)20-23(27(33)34)18-22-14-16-24(31)17-15-22/h14-17,21,23,25-26H,9-13,18-20H2,1-8H3,(H,32,35)(H,33,34). The van der Waals surface area contributed by atoms with Crippen molar-refractivity contribution in [3.8, 4) is 0 Å². The minimum absolute atomic E-state index is 0.0950. The average molecular weight is 552 g/mol. The Bertz CT molecular complexity index is 901. The fourth-order valence-electron chi connectivity index (χ4n) is 4.85. The number of carboxylic acid groups (broad SMARTS) is 1. The zero-order chi connectivity index (χ0) is 28.7. The molecule has 1 aliphatic rings. The van der Waals surface area contributed by atoms with Crippen LogP contribution in [0.4, 0.5) is 9.18 Å². The first-order valence-corrected chi connectivity index (χ1v) is 17.0. The molecule has 0 saturated heterocycles. The van der Waals surface area contributed by atoms with Gasteiger partial charge in [-0.05, 0) is 81.8 Å². The summed E-state index contributed by atoms with van der Waals surface area (Å²) in [5.74, 6) is -1.58. The zero-order valence-corrected chi connectivity index (χ0v) is 25.7. The van der Waals surface area contributed by atoms with Crippen LogP contribution >= 0.6 is 0 Å². The number of ether oxygens (including phenoxy) is 1. The molecule has 1 saturated carbocycles. The van der Waals surface area contributed by atoms with Gasteiger partial charge in [0.25, 0.3) is 0 Å². The largest absolute Gasteiger partial charge is 0.481 e. The van der Waals surface area contributed by atoms with Crippen LogP contribution in [0.15, 0.2) is 24.3 Å². The second-order valence-electron chi connectivity index (χ2n) is 13.5. The number of aliphatic carboxylic acids is 1. The van der Waals surface area contributed by atoms with Crippen LogP contribution in [0.1, 0.15) is 92.1 Å². The Hall–Kier alpha value is -1.93. The number of carboxylic acids is 1. The molecule has 6 nitrogen and oxygen atoms in total. The van der Waals surface area contributed by atoms with E-state index in [4.69, 9.17) is 9.16 Å². The molecular formula is C30H50FNO5Si. The lowest BCUT2D eigenvalue weighted by molar-refractivity contribution is -0.142. The summed E-state index contributed by atoms with van der Waals surface area (Å²) in [7, 11) is -2.33. The van der Waals surface area contributed by atoms with Crippen molar-refractivity contribution in [2.75, 3.05) is 0 Å². The smallest absolute Gasteiger partial charge is 0.407 e. The van der Waals surface area contributed by atoms with Crippen molar-refractivity contribution in [2.24, 2.45) is 11.8 Å². The SMILES string of the molecule is CC(C)(C)OC(=O)NC(CC1CCCCC1)C(CC(Cc1ccc(F)cc1)C(=O)O)O[Si](C)(C)C(C)(C)C. The molecule has 1 aromatic carbocycles. The van der Waals surface area contributed by atoms with Crippen molar-refractivity contribution in [3.05, 3.63) is 35.6 Å². The van der Waals surface area contributed by atoms with Gasteiger partial charge in [-0.2, -0.15) is 0 Å². The zero-order valence-electron chi connectivity index (χ0n) is 24.7. The second-order valence-corrected chi connectivity index (χ2v) is 18.3. The van der Waals surface area contributed by atoms with E-state index in [1.54, 1.807) is 12.1 Å². The lowest BCUT2D eigenvalue weighted by atomic mass is 9.82. The van der Waals surface area contributed by atoms with Gasteiger partial charge >= 0.3 is 12.1 Å². The molecule has 0 aliphatic heterocycles. The minimum Gasteiger partial charge on any atom is -0.481 e. The number of hydrogen-bond acceptors (Lipinski definition) is 4. The van der Waals surface area contributed by atoms with Crippen LogP contribution in [0, 0.1) is 17.7 Å². The molecule has 216 valence electrons. The van der Waals surface area contributed by atoms with Crippen LogP contribution in [0.25, 0.3) is 0 Å². The number of benzene rings is 1. The first-order chi connectivity index (χ1) is 17.5. The van der Waals surface area contributed by atoms with Crippen LogP contribution in [-0.4, -0.2) is 43.2 Å². The van der Waals surface area contributed by atoms with Crippen molar-refractivity contribution in [1.29, 1.82) is 0 Å². The molecule has 0 heterocycles. The highest BCUT2D eigenvalue weighted by molar-refractivity contribution is 6.74. The Morgan fingerprint density at radius 2 is 1.63 bits per heavy atom. The van der Waals surface area contributed by atoms with Crippen LogP contribution in [-0.2, 0) is 20.4 Å². The first kappa shape index (κ1) is 32.3. The minimum atomic E-state index is -2.33. The summed E-state index contributed by atoms with van der Waals surface area (Å²) in [6.45, 7) is 16.3. The third-order valence-corrected chi connectivity index (χ3v) is 12.5. The highest BCUT2D eigenvalue weighted by Crippen LogP contribution is 2.39. The van der Waals surface area contributed by atoms with E-state index in [1.807, 2.05) is 20.8 Å². The Kier molecular flexibility index (Phi) is 11.4. The molecule has 0 aromatic heterocycles. The molecule has 0 spiro atoms.